The highest BCUT2D eigenvalue weighted by Gasteiger charge is 2.10. The van der Waals surface area contributed by atoms with Crippen LogP contribution in [-0.2, 0) is 11.3 Å². The van der Waals surface area contributed by atoms with Crippen LogP contribution in [-0.4, -0.2) is 15.5 Å². The summed E-state index contributed by atoms with van der Waals surface area (Å²) in [5, 5.41) is 2.45. The van der Waals surface area contributed by atoms with Gasteiger partial charge in [0.05, 0.1) is 12.0 Å². The van der Waals surface area contributed by atoms with Gasteiger partial charge in [-0.1, -0.05) is 6.07 Å². The van der Waals surface area contributed by atoms with Gasteiger partial charge in [0.1, 0.15) is 12.4 Å². The molecule has 0 fully saturated rings. The van der Waals surface area contributed by atoms with E-state index in [4.69, 9.17) is 0 Å². The molecule has 2 aromatic rings. The third kappa shape index (κ3) is 3.34. The second-order valence-electron chi connectivity index (χ2n) is 4.92. The molecule has 0 aliphatic heterocycles. The Kier molecular flexibility index (Phi) is 4.16. The summed E-state index contributed by atoms with van der Waals surface area (Å²) in [5.41, 5.74) is 1.70. The van der Waals surface area contributed by atoms with Gasteiger partial charge in [-0.3, -0.25) is 14.2 Å². The van der Waals surface area contributed by atoms with Gasteiger partial charge in [0, 0.05) is 11.3 Å². The van der Waals surface area contributed by atoms with Gasteiger partial charge in [-0.25, -0.2) is 9.37 Å². The second-order valence-corrected chi connectivity index (χ2v) is 4.92. The summed E-state index contributed by atoms with van der Waals surface area (Å²) in [7, 11) is 0. The van der Waals surface area contributed by atoms with Crippen LogP contribution in [0.3, 0.4) is 0 Å². The lowest BCUT2D eigenvalue weighted by Crippen LogP contribution is -2.29. The molecule has 2 rings (SSSR count). The van der Waals surface area contributed by atoms with E-state index in [1.54, 1.807) is 26.8 Å². The Bertz CT molecular complexity index is 753. The van der Waals surface area contributed by atoms with Crippen molar-refractivity contribution in [2.45, 2.75) is 27.3 Å². The fourth-order valence-electron chi connectivity index (χ4n) is 1.85. The third-order valence-corrected chi connectivity index (χ3v) is 3.23. The maximum Gasteiger partial charge on any atom is 0.256 e. The summed E-state index contributed by atoms with van der Waals surface area (Å²) in [4.78, 5) is 27.9. The Labute approximate surface area is 121 Å². The van der Waals surface area contributed by atoms with E-state index in [2.05, 4.69) is 10.3 Å². The molecule has 6 heteroatoms. The van der Waals surface area contributed by atoms with Crippen LogP contribution in [0.1, 0.15) is 16.8 Å². The number of hydrogen-bond donors (Lipinski definition) is 1. The van der Waals surface area contributed by atoms with Crippen LogP contribution in [0, 0.1) is 26.6 Å². The molecular formula is C15H16FN3O2. The van der Waals surface area contributed by atoms with Crippen LogP contribution in [0.2, 0.25) is 0 Å². The van der Waals surface area contributed by atoms with Gasteiger partial charge in [0.2, 0.25) is 5.91 Å². The molecule has 0 atom stereocenters. The zero-order chi connectivity index (χ0) is 15.6. The molecule has 0 aliphatic carbocycles. The minimum Gasteiger partial charge on any atom is -0.322 e. The van der Waals surface area contributed by atoms with Crippen LogP contribution in [0.15, 0.2) is 29.3 Å². The maximum atomic E-state index is 13.7. The first-order chi connectivity index (χ1) is 9.88. The highest BCUT2D eigenvalue weighted by atomic mass is 19.1. The van der Waals surface area contributed by atoms with Crippen molar-refractivity contribution in [1.29, 1.82) is 0 Å². The smallest absolute Gasteiger partial charge is 0.256 e. The molecule has 0 unspecified atom stereocenters. The van der Waals surface area contributed by atoms with Crippen LogP contribution >= 0.6 is 0 Å². The number of halogens is 1. The SMILES string of the molecule is Cc1ccc(NC(=O)Cn2cnc(C)c(C)c2=O)c(F)c1. The Hall–Kier alpha value is -2.50. The van der Waals surface area contributed by atoms with Crippen molar-refractivity contribution in [3.8, 4) is 0 Å². The molecule has 1 heterocycles. The minimum atomic E-state index is -0.506. The summed E-state index contributed by atoms with van der Waals surface area (Å²) >= 11 is 0. The lowest BCUT2D eigenvalue weighted by Gasteiger charge is -2.09. The van der Waals surface area contributed by atoms with Crippen LogP contribution in [0.4, 0.5) is 10.1 Å². The van der Waals surface area contributed by atoms with Gasteiger partial charge in [-0.15, -0.1) is 0 Å². The van der Waals surface area contributed by atoms with E-state index in [9.17, 15) is 14.0 Å². The van der Waals surface area contributed by atoms with Crippen molar-refractivity contribution in [2.24, 2.45) is 0 Å². The largest absolute Gasteiger partial charge is 0.322 e. The van der Waals surface area contributed by atoms with Crippen molar-refractivity contribution < 1.29 is 9.18 Å². The Morgan fingerprint density at radius 3 is 2.71 bits per heavy atom. The van der Waals surface area contributed by atoms with Crippen molar-refractivity contribution in [2.75, 3.05) is 5.32 Å². The molecule has 21 heavy (non-hydrogen) atoms. The number of anilines is 1. The molecule has 0 saturated heterocycles. The zero-order valence-corrected chi connectivity index (χ0v) is 12.1. The minimum absolute atomic E-state index is 0.0930. The number of hydrogen-bond acceptors (Lipinski definition) is 3. The normalized spacial score (nSPS) is 10.5. The number of nitrogens with zero attached hydrogens (tertiary/aromatic N) is 2. The fraction of sp³-hybridized carbons (Fsp3) is 0.267. The number of benzene rings is 1. The van der Waals surface area contributed by atoms with Crippen LogP contribution in [0.25, 0.3) is 0 Å². The van der Waals surface area contributed by atoms with Crippen molar-refractivity contribution >= 4 is 11.6 Å². The second kappa shape index (κ2) is 5.87. The van der Waals surface area contributed by atoms with E-state index in [1.807, 2.05) is 0 Å². The Morgan fingerprint density at radius 2 is 2.05 bits per heavy atom. The van der Waals surface area contributed by atoms with Crippen LogP contribution in [0.5, 0.6) is 0 Å². The topological polar surface area (TPSA) is 64.0 Å². The van der Waals surface area contributed by atoms with E-state index in [1.165, 1.54) is 23.0 Å². The van der Waals surface area contributed by atoms with E-state index in [-0.39, 0.29) is 17.8 Å². The standard InChI is InChI=1S/C15H16FN3O2/c1-9-4-5-13(12(16)6-9)18-14(20)7-19-8-17-11(3)10(2)15(19)21/h4-6,8H,7H2,1-3H3,(H,18,20). The van der Waals surface area contributed by atoms with Crippen molar-refractivity contribution in [3.05, 3.63) is 57.5 Å². The molecule has 1 aromatic carbocycles. The average molecular weight is 289 g/mol. The van der Waals surface area contributed by atoms with Gasteiger partial charge in [-0.2, -0.15) is 0 Å². The number of aryl methyl sites for hydroxylation is 2. The first kappa shape index (κ1) is 14.9. The monoisotopic (exact) mass is 289 g/mol. The van der Waals surface area contributed by atoms with E-state index >= 15 is 0 Å². The molecule has 1 N–H and O–H groups in total. The van der Waals surface area contributed by atoms with Gasteiger partial charge >= 0.3 is 0 Å². The van der Waals surface area contributed by atoms with E-state index in [0.29, 0.717) is 11.3 Å². The molecule has 5 nitrogen and oxygen atoms in total. The number of carbonyl (C=O) groups excluding carboxylic acids is 1. The highest BCUT2D eigenvalue weighted by molar-refractivity contribution is 5.90. The molecule has 0 saturated carbocycles. The summed E-state index contributed by atoms with van der Waals surface area (Å²) in [6, 6.07) is 4.52. The summed E-state index contributed by atoms with van der Waals surface area (Å²) < 4.78 is 14.8. The molecule has 0 radical (unpaired) electrons. The molecule has 0 aliphatic rings. The van der Waals surface area contributed by atoms with Crippen molar-refractivity contribution in [1.82, 2.24) is 9.55 Å². The summed E-state index contributed by atoms with van der Waals surface area (Å²) in [5.74, 6) is -0.987. The highest BCUT2D eigenvalue weighted by Crippen LogP contribution is 2.15. The van der Waals surface area contributed by atoms with E-state index in [0.717, 1.165) is 5.56 Å². The Morgan fingerprint density at radius 1 is 1.33 bits per heavy atom. The number of aromatic nitrogens is 2. The molecule has 0 bridgehead atoms. The summed E-state index contributed by atoms with van der Waals surface area (Å²) in [6.07, 6.45) is 1.32. The lowest BCUT2D eigenvalue weighted by atomic mass is 10.2. The summed E-state index contributed by atoms with van der Waals surface area (Å²) in [6.45, 7) is 4.93. The van der Waals surface area contributed by atoms with Crippen molar-refractivity contribution in [3.63, 3.8) is 0 Å². The number of carbonyl (C=O) groups is 1. The van der Waals surface area contributed by atoms with Gasteiger partial charge in [0.25, 0.3) is 5.56 Å². The third-order valence-electron chi connectivity index (χ3n) is 3.23. The zero-order valence-electron chi connectivity index (χ0n) is 12.1. The Balaban J connectivity index is 2.16. The molecule has 0 spiro atoms. The number of amides is 1. The number of nitrogens with one attached hydrogen (secondary N) is 1. The van der Waals surface area contributed by atoms with Crippen LogP contribution < -0.4 is 10.9 Å². The van der Waals surface area contributed by atoms with Gasteiger partial charge in [0.15, 0.2) is 0 Å². The predicted octanol–water partition coefficient (Wildman–Crippen LogP) is 1.95. The predicted molar refractivity (Wildman–Crippen MR) is 77.7 cm³/mol. The average Bonchev–Trinajstić information content (AvgIpc) is 2.43. The van der Waals surface area contributed by atoms with Gasteiger partial charge in [-0.05, 0) is 38.5 Å². The molecule has 1 aromatic heterocycles. The quantitative estimate of drug-likeness (QED) is 0.939. The molecule has 1 amide bonds. The number of rotatable bonds is 3. The van der Waals surface area contributed by atoms with E-state index < -0.39 is 11.7 Å². The first-order valence-electron chi connectivity index (χ1n) is 6.47. The maximum absolute atomic E-state index is 13.7. The lowest BCUT2D eigenvalue weighted by molar-refractivity contribution is -0.116. The molecular weight excluding hydrogens is 273 g/mol. The van der Waals surface area contributed by atoms with Gasteiger partial charge < -0.3 is 5.32 Å². The molecule has 110 valence electrons. The fourth-order valence-corrected chi connectivity index (χ4v) is 1.85. The first-order valence-corrected chi connectivity index (χ1v) is 6.47.